The zero-order valence-corrected chi connectivity index (χ0v) is 13.5. The molecule has 0 spiro atoms. The Bertz CT molecular complexity index is 661. The summed E-state index contributed by atoms with van der Waals surface area (Å²) in [6.07, 6.45) is 5.88. The van der Waals surface area contributed by atoms with Gasteiger partial charge in [0.15, 0.2) is 12.4 Å². The Hall–Kier alpha value is -2.44. The van der Waals surface area contributed by atoms with E-state index in [2.05, 4.69) is 34.2 Å². The van der Waals surface area contributed by atoms with Crippen LogP contribution in [0.25, 0.3) is 0 Å². The number of nitrogens with zero attached hydrogens (tertiary/aromatic N) is 3. The minimum absolute atomic E-state index is 0.173. The molecule has 0 aliphatic carbocycles. The summed E-state index contributed by atoms with van der Waals surface area (Å²) in [6.45, 7) is 6.92. The second kappa shape index (κ2) is 6.76. The molecule has 1 unspecified atom stereocenters. The van der Waals surface area contributed by atoms with Crippen molar-refractivity contribution in [2.24, 2.45) is 4.99 Å². The van der Waals surface area contributed by atoms with Gasteiger partial charge in [0, 0.05) is 31.1 Å². The van der Waals surface area contributed by atoms with Gasteiger partial charge >= 0.3 is 0 Å². The van der Waals surface area contributed by atoms with E-state index in [4.69, 9.17) is 0 Å². The molecule has 2 N–H and O–H groups in total. The number of amides is 1. The maximum Gasteiger partial charge on any atom is 0.280 e. The first-order valence-corrected chi connectivity index (χ1v) is 7.94. The first-order chi connectivity index (χ1) is 11.2. The number of carbonyl (C=O) groups excluding carboxylic acids is 1. The van der Waals surface area contributed by atoms with Crippen LogP contribution in [-0.4, -0.2) is 41.5 Å². The number of amidine groups is 1. The molecule has 1 aromatic rings. The first-order valence-electron chi connectivity index (χ1n) is 7.94. The van der Waals surface area contributed by atoms with Crippen molar-refractivity contribution in [1.29, 1.82) is 0 Å². The van der Waals surface area contributed by atoms with Crippen molar-refractivity contribution in [3.63, 3.8) is 0 Å². The second-order valence-electron chi connectivity index (χ2n) is 5.42. The summed E-state index contributed by atoms with van der Waals surface area (Å²) in [5, 5.41) is 7.29. The summed E-state index contributed by atoms with van der Waals surface area (Å²) in [6, 6.07) is 9.43. The number of hydrogen-bond donors (Lipinski definition) is 2. The number of hydrazine groups is 1. The number of para-hydroxylation sites is 1. The van der Waals surface area contributed by atoms with Crippen LogP contribution in [0.15, 0.2) is 59.5 Å². The van der Waals surface area contributed by atoms with Crippen LogP contribution >= 0.6 is 0 Å². The number of nitrogens with one attached hydrogen (secondary N) is 2. The minimum Gasteiger partial charge on any atom is -0.320 e. The highest BCUT2D eigenvalue weighted by Crippen LogP contribution is 2.10. The van der Waals surface area contributed by atoms with E-state index in [0.717, 1.165) is 36.2 Å². The number of carbonyl (C=O) groups is 1. The molecule has 120 valence electrons. The highest BCUT2D eigenvalue weighted by molar-refractivity contribution is 6.06. The van der Waals surface area contributed by atoms with Gasteiger partial charge in [-0.25, -0.2) is 9.91 Å². The Kier molecular flexibility index (Phi) is 4.55. The maximum atomic E-state index is 12.3. The Labute approximate surface area is 136 Å². The van der Waals surface area contributed by atoms with E-state index >= 15 is 0 Å². The average molecular weight is 312 g/mol. The van der Waals surface area contributed by atoms with Crippen molar-refractivity contribution >= 4 is 17.4 Å². The highest BCUT2D eigenvalue weighted by atomic mass is 16.2. The van der Waals surface area contributed by atoms with Gasteiger partial charge in [-0.05, 0) is 12.1 Å². The van der Waals surface area contributed by atoms with E-state index in [9.17, 15) is 4.79 Å². The summed E-state index contributed by atoms with van der Waals surface area (Å²) in [5.74, 6) is 0.708. The van der Waals surface area contributed by atoms with Gasteiger partial charge in [0.1, 0.15) is 6.20 Å². The summed E-state index contributed by atoms with van der Waals surface area (Å²) < 4.78 is 0. The van der Waals surface area contributed by atoms with Crippen LogP contribution in [-0.2, 0) is 4.79 Å². The van der Waals surface area contributed by atoms with Crippen molar-refractivity contribution in [2.45, 2.75) is 13.8 Å². The average Bonchev–Trinajstić information content (AvgIpc) is 3.00. The molecule has 6 nitrogen and oxygen atoms in total. The van der Waals surface area contributed by atoms with Gasteiger partial charge in [-0.3, -0.25) is 9.80 Å². The van der Waals surface area contributed by atoms with Gasteiger partial charge in [0.2, 0.25) is 5.84 Å². The van der Waals surface area contributed by atoms with Crippen LogP contribution in [0.5, 0.6) is 0 Å². The molecule has 0 aromatic heterocycles. The minimum atomic E-state index is -0.173. The fourth-order valence-corrected chi connectivity index (χ4v) is 2.74. The Morgan fingerprint density at radius 1 is 1.30 bits per heavy atom. The van der Waals surface area contributed by atoms with E-state index in [0.29, 0.717) is 5.70 Å². The standard InChI is InChI=1S/C17H21N5O/c1-3-21(4-2)22-11-10-16-19-15(12-20(16)13-22)17(23)18-14-8-6-5-7-9-14/h5-12H,3-4,13H2,1-2H3,(H,18,23)/p+1. The molecule has 0 fully saturated rings. The van der Waals surface area contributed by atoms with Gasteiger partial charge < -0.3 is 5.32 Å². The predicted molar refractivity (Wildman–Crippen MR) is 90.3 cm³/mol. The van der Waals surface area contributed by atoms with Crippen molar-refractivity contribution < 1.29 is 9.69 Å². The maximum absolute atomic E-state index is 12.3. The van der Waals surface area contributed by atoms with Crippen LogP contribution in [0.3, 0.4) is 0 Å². The topological polar surface area (TPSA) is 52.4 Å². The van der Waals surface area contributed by atoms with Crippen LogP contribution in [0, 0.1) is 0 Å². The van der Waals surface area contributed by atoms with E-state index in [1.807, 2.05) is 48.8 Å². The molecule has 2 aliphatic heterocycles. The number of rotatable bonds is 5. The van der Waals surface area contributed by atoms with Crippen LogP contribution in [0.2, 0.25) is 0 Å². The Morgan fingerprint density at radius 3 is 2.74 bits per heavy atom. The molecule has 2 heterocycles. The van der Waals surface area contributed by atoms with Crippen LogP contribution < -0.4 is 10.2 Å². The SMILES string of the molecule is CCN(CC)N1C=CC2=NC(C(=O)Nc3ccccc3)=C[NH+]2C1. The Balaban J connectivity index is 1.69. The molecule has 0 saturated carbocycles. The van der Waals surface area contributed by atoms with E-state index in [-0.39, 0.29) is 5.91 Å². The number of anilines is 1. The number of hydrogen-bond acceptors (Lipinski definition) is 4. The molecule has 0 saturated heterocycles. The van der Waals surface area contributed by atoms with Gasteiger partial charge in [-0.15, -0.1) is 0 Å². The lowest BCUT2D eigenvalue weighted by atomic mass is 10.3. The lowest BCUT2D eigenvalue weighted by molar-refractivity contribution is -0.762. The number of benzene rings is 1. The monoisotopic (exact) mass is 312 g/mol. The lowest BCUT2D eigenvalue weighted by Crippen LogP contribution is -3.11. The van der Waals surface area contributed by atoms with Crippen LogP contribution in [0.1, 0.15) is 13.8 Å². The molecular formula is C17H22N5O+. The predicted octanol–water partition coefficient (Wildman–Crippen LogP) is 0.807. The zero-order chi connectivity index (χ0) is 16.2. The van der Waals surface area contributed by atoms with E-state index in [1.54, 1.807) is 0 Å². The van der Waals surface area contributed by atoms with Crippen molar-refractivity contribution in [3.05, 3.63) is 54.5 Å². The summed E-state index contributed by atoms with van der Waals surface area (Å²) in [7, 11) is 0. The molecule has 6 heteroatoms. The molecule has 0 radical (unpaired) electrons. The molecule has 0 bridgehead atoms. The van der Waals surface area contributed by atoms with Gasteiger partial charge in [-0.1, -0.05) is 32.0 Å². The molecule has 23 heavy (non-hydrogen) atoms. The second-order valence-corrected chi connectivity index (χ2v) is 5.42. The fraction of sp³-hybridized carbons (Fsp3) is 0.294. The largest absolute Gasteiger partial charge is 0.320 e. The molecular weight excluding hydrogens is 290 g/mol. The van der Waals surface area contributed by atoms with Crippen molar-refractivity contribution in [1.82, 2.24) is 10.0 Å². The van der Waals surface area contributed by atoms with Crippen molar-refractivity contribution in [3.8, 4) is 0 Å². The molecule has 2 aliphatic rings. The molecule has 1 aromatic carbocycles. The first kappa shape index (κ1) is 15.5. The summed E-state index contributed by atoms with van der Waals surface area (Å²) >= 11 is 0. The summed E-state index contributed by atoms with van der Waals surface area (Å²) in [5.41, 5.74) is 1.24. The third-order valence-electron chi connectivity index (χ3n) is 3.98. The smallest absolute Gasteiger partial charge is 0.280 e. The third-order valence-corrected chi connectivity index (χ3v) is 3.98. The van der Waals surface area contributed by atoms with E-state index in [1.165, 1.54) is 0 Å². The van der Waals surface area contributed by atoms with Gasteiger partial charge in [-0.2, -0.15) is 4.99 Å². The molecule has 1 amide bonds. The van der Waals surface area contributed by atoms with Crippen LogP contribution in [0.4, 0.5) is 5.69 Å². The van der Waals surface area contributed by atoms with Gasteiger partial charge in [0.05, 0.1) is 0 Å². The molecule has 3 rings (SSSR count). The Morgan fingerprint density at radius 2 is 2.04 bits per heavy atom. The van der Waals surface area contributed by atoms with Gasteiger partial charge in [0.25, 0.3) is 5.91 Å². The zero-order valence-electron chi connectivity index (χ0n) is 13.5. The number of fused-ring (bicyclic) bond motifs is 1. The highest BCUT2D eigenvalue weighted by Gasteiger charge is 2.31. The number of quaternary nitrogens is 1. The lowest BCUT2D eigenvalue weighted by Gasteiger charge is -2.34. The summed E-state index contributed by atoms with van der Waals surface area (Å²) in [4.78, 5) is 17.9. The van der Waals surface area contributed by atoms with E-state index < -0.39 is 0 Å². The fourth-order valence-electron chi connectivity index (χ4n) is 2.74. The molecule has 1 atom stereocenters. The quantitative estimate of drug-likeness (QED) is 0.846. The number of aliphatic imine (C=N–C) groups is 1. The third kappa shape index (κ3) is 3.33. The van der Waals surface area contributed by atoms with Crippen molar-refractivity contribution in [2.75, 3.05) is 25.1 Å². The normalized spacial score (nSPS) is 19.4.